The van der Waals surface area contributed by atoms with E-state index in [4.69, 9.17) is 32.1 Å². The van der Waals surface area contributed by atoms with Gasteiger partial charge >= 0.3 is 11.9 Å². The first-order chi connectivity index (χ1) is 17.1. The van der Waals surface area contributed by atoms with E-state index in [9.17, 15) is 30.0 Å². The molecule has 0 bridgehead atoms. The quantitative estimate of drug-likeness (QED) is 0.191. The number of aliphatic carboxylic acids is 2. The van der Waals surface area contributed by atoms with E-state index in [-0.39, 0.29) is 27.8 Å². The zero-order valence-corrected chi connectivity index (χ0v) is 19.0. The van der Waals surface area contributed by atoms with Crippen molar-refractivity contribution in [2.24, 2.45) is 0 Å². The summed E-state index contributed by atoms with van der Waals surface area (Å²) in [6.07, 6.45) is -5.06. The second-order valence-corrected chi connectivity index (χ2v) is 8.32. The molecule has 0 spiro atoms. The molecule has 15 heteroatoms. The Balaban J connectivity index is 1.56. The van der Waals surface area contributed by atoms with Crippen molar-refractivity contribution in [3.05, 3.63) is 47.0 Å². The number of nitrogens with zero attached hydrogens (tertiary/aromatic N) is 5. The Bertz CT molecular complexity index is 1340. The molecule has 1 aliphatic heterocycles. The number of imidazole rings is 1. The Kier molecular flexibility index (Phi) is 6.76. The van der Waals surface area contributed by atoms with Crippen LogP contribution in [0, 0.1) is 11.3 Å². The summed E-state index contributed by atoms with van der Waals surface area (Å²) in [5.41, 5.74) is 3.90. The molecule has 0 amide bonds. The first kappa shape index (κ1) is 25.2. The van der Waals surface area contributed by atoms with Crippen LogP contribution < -0.4 is 5.73 Å². The number of aromatic nitrogens is 4. The molecule has 1 aromatic carbocycles. The molecule has 0 saturated carbocycles. The predicted octanol–water partition coefficient (Wildman–Crippen LogP) is -0.280. The minimum absolute atomic E-state index is 0.0211. The minimum Gasteiger partial charge on any atom is -0.479 e. The maximum Gasteiger partial charge on any atom is 0.348 e. The van der Waals surface area contributed by atoms with Gasteiger partial charge in [-0.05, 0) is 29.3 Å². The van der Waals surface area contributed by atoms with E-state index in [1.165, 1.54) is 35.2 Å². The van der Waals surface area contributed by atoms with Crippen LogP contribution in [-0.4, -0.2) is 82.4 Å². The molecule has 1 aliphatic rings. The standard InChI is InChI=1S/C21H19ClN6O8/c22-20-26-15(24)12-16(27-20)28(8-25-12)17-14(30)13(29)11(36-17)7-35-21(18(31)32,19(33)34)5-9-1-3-10(6-23)4-2-9/h1-4,8,11,13-14,17,29-30H,5,7H2,(H,31,32)(H,33,34)(H2,24,26,27)/t11-,13+,14-,17-/m1/s1. The highest BCUT2D eigenvalue weighted by Crippen LogP contribution is 2.33. The van der Waals surface area contributed by atoms with Crippen LogP contribution in [0.3, 0.4) is 0 Å². The Morgan fingerprint density at radius 2 is 1.86 bits per heavy atom. The summed E-state index contributed by atoms with van der Waals surface area (Å²) in [5, 5.41) is 49.4. The molecular weight excluding hydrogens is 500 g/mol. The van der Waals surface area contributed by atoms with Gasteiger partial charge in [0.25, 0.3) is 5.60 Å². The molecule has 0 unspecified atom stereocenters. The van der Waals surface area contributed by atoms with Gasteiger partial charge in [-0.15, -0.1) is 0 Å². The van der Waals surface area contributed by atoms with Crippen LogP contribution in [0.15, 0.2) is 30.6 Å². The lowest BCUT2D eigenvalue weighted by atomic mass is 9.93. The molecule has 14 nitrogen and oxygen atoms in total. The van der Waals surface area contributed by atoms with Crippen LogP contribution in [0.5, 0.6) is 0 Å². The van der Waals surface area contributed by atoms with Crippen molar-refractivity contribution in [1.82, 2.24) is 19.5 Å². The lowest BCUT2D eigenvalue weighted by Gasteiger charge is -2.27. The number of nitrogen functional groups attached to an aromatic ring is 1. The maximum atomic E-state index is 12.0. The van der Waals surface area contributed by atoms with Crippen LogP contribution in [0.25, 0.3) is 11.2 Å². The number of ether oxygens (including phenoxy) is 2. The number of nitrogens with two attached hydrogens (primary N) is 1. The molecule has 1 fully saturated rings. The molecule has 2 aromatic heterocycles. The van der Waals surface area contributed by atoms with Gasteiger partial charge in [0, 0.05) is 6.42 Å². The zero-order valence-electron chi connectivity index (χ0n) is 18.2. The molecule has 3 heterocycles. The summed E-state index contributed by atoms with van der Waals surface area (Å²) in [5.74, 6) is -3.59. The highest BCUT2D eigenvalue weighted by Gasteiger charge is 2.51. The number of aliphatic hydroxyl groups excluding tert-OH is 2. The molecular formula is C21H19ClN6O8. The molecule has 36 heavy (non-hydrogen) atoms. The third kappa shape index (κ3) is 4.41. The lowest BCUT2D eigenvalue weighted by molar-refractivity contribution is -0.190. The molecule has 1 saturated heterocycles. The van der Waals surface area contributed by atoms with E-state index < -0.39 is 55.1 Å². The van der Waals surface area contributed by atoms with Gasteiger partial charge in [0.05, 0.1) is 24.6 Å². The second-order valence-electron chi connectivity index (χ2n) is 7.98. The number of fused-ring (bicyclic) bond motifs is 1. The fraction of sp³-hybridized carbons (Fsp3) is 0.333. The number of rotatable bonds is 8. The minimum atomic E-state index is -2.74. The number of halogens is 1. The number of benzene rings is 1. The van der Waals surface area contributed by atoms with Crippen molar-refractivity contribution >= 4 is 40.5 Å². The van der Waals surface area contributed by atoms with Crippen LogP contribution in [0.1, 0.15) is 17.4 Å². The lowest BCUT2D eigenvalue weighted by Crippen LogP contribution is -2.52. The zero-order chi connectivity index (χ0) is 26.2. The summed E-state index contributed by atoms with van der Waals surface area (Å²) < 4.78 is 12.3. The molecule has 188 valence electrons. The van der Waals surface area contributed by atoms with Crippen LogP contribution >= 0.6 is 11.6 Å². The molecule has 4 rings (SSSR count). The summed E-state index contributed by atoms with van der Waals surface area (Å²) in [7, 11) is 0. The van der Waals surface area contributed by atoms with Gasteiger partial charge in [0.1, 0.15) is 23.8 Å². The number of nitriles is 1. The monoisotopic (exact) mass is 518 g/mol. The average molecular weight is 519 g/mol. The van der Waals surface area contributed by atoms with Crippen molar-refractivity contribution in [2.45, 2.75) is 36.6 Å². The van der Waals surface area contributed by atoms with E-state index in [2.05, 4.69) is 15.0 Å². The average Bonchev–Trinajstić information content (AvgIpc) is 3.37. The smallest absolute Gasteiger partial charge is 0.348 e. The van der Waals surface area contributed by atoms with Gasteiger partial charge < -0.3 is 35.6 Å². The fourth-order valence-electron chi connectivity index (χ4n) is 3.82. The summed E-state index contributed by atoms with van der Waals surface area (Å²) >= 11 is 5.85. The number of carbonyl (C=O) groups is 2. The number of carboxylic acid groups (broad SMARTS) is 2. The number of hydrogen-bond donors (Lipinski definition) is 5. The van der Waals surface area contributed by atoms with Crippen molar-refractivity contribution in [3.8, 4) is 6.07 Å². The van der Waals surface area contributed by atoms with E-state index >= 15 is 0 Å². The van der Waals surface area contributed by atoms with E-state index in [0.29, 0.717) is 5.56 Å². The number of hydrogen-bond acceptors (Lipinski definition) is 11. The first-order valence-corrected chi connectivity index (χ1v) is 10.7. The third-order valence-corrected chi connectivity index (χ3v) is 5.92. The number of carboxylic acids is 2. The van der Waals surface area contributed by atoms with Gasteiger partial charge in [-0.1, -0.05) is 12.1 Å². The maximum absolute atomic E-state index is 12.0. The summed E-state index contributed by atoms with van der Waals surface area (Å²) in [4.78, 5) is 35.9. The predicted molar refractivity (Wildman–Crippen MR) is 119 cm³/mol. The largest absolute Gasteiger partial charge is 0.479 e. The van der Waals surface area contributed by atoms with E-state index in [1.807, 2.05) is 6.07 Å². The van der Waals surface area contributed by atoms with Gasteiger partial charge in [-0.2, -0.15) is 15.2 Å². The summed E-state index contributed by atoms with van der Waals surface area (Å²) in [6.45, 7) is -0.700. The number of anilines is 1. The molecule has 3 aromatic rings. The SMILES string of the molecule is N#Cc1ccc(CC(OC[C@H]2O[C@@H](n3cnc4c(N)nc(Cl)nc43)[C@H](O)[C@H]2O)(C(=O)O)C(=O)O)cc1. The van der Waals surface area contributed by atoms with Gasteiger partial charge in [-0.25, -0.2) is 14.6 Å². The molecule has 0 aliphatic carbocycles. The van der Waals surface area contributed by atoms with Crippen molar-refractivity contribution < 1.29 is 39.5 Å². The van der Waals surface area contributed by atoms with Crippen LogP contribution in [0.2, 0.25) is 5.28 Å². The second kappa shape index (κ2) is 9.64. The van der Waals surface area contributed by atoms with Gasteiger partial charge in [0.15, 0.2) is 17.7 Å². The third-order valence-electron chi connectivity index (χ3n) is 5.75. The number of aliphatic hydroxyl groups is 2. The molecule has 0 radical (unpaired) electrons. The van der Waals surface area contributed by atoms with Gasteiger partial charge in [-0.3, -0.25) is 4.57 Å². The normalized spacial score (nSPS) is 21.9. The van der Waals surface area contributed by atoms with Crippen LogP contribution in [0.4, 0.5) is 5.82 Å². The first-order valence-electron chi connectivity index (χ1n) is 10.3. The summed E-state index contributed by atoms with van der Waals surface area (Å²) in [6, 6.07) is 7.54. The molecule has 4 atom stereocenters. The van der Waals surface area contributed by atoms with Crippen molar-refractivity contribution in [2.75, 3.05) is 12.3 Å². The van der Waals surface area contributed by atoms with Crippen LogP contribution in [-0.2, 0) is 25.5 Å². The Labute approximate surface area is 207 Å². The Morgan fingerprint density at radius 1 is 1.19 bits per heavy atom. The van der Waals surface area contributed by atoms with Gasteiger partial charge in [0.2, 0.25) is 5.28 Å². The highest BCUT2D eigenvalue weighted by molar-refractivity contribution is 6.28. The fourth-order valence-corrected chi connectivity index (χ4v) is 3.99. The molecule has 6 N–H and O–H groups in total. The Hall–Kier alpha value is -3.87. The highest BCUT2D eigenvalue weighted by atomic mass is 35.5. The topological polar surface area (TPSA) is 227 Å². The van der Waals surface area contributed by atoms with Crippen molar-refractivity contribution in [1.29, 1.82) is 5.26 Å². The van der Waals surface area contributed by atoms with Crippen molar-refractivity contribution in [3.63, 3.8) is 0 Å². The van der Waals surface area contributed by atoms with E-state index in [1.54, 1.807) is 0 Å². The Morgan fingerprint density at radius 3 is 2.47 bits per heavy atom. The van der Waals surface area contributed by atoms with E-state index in [0.717, 1.165) is 0 Å².